The van der Waals surface area contributed by atoms with Crippen molar-refractivity contribution in [2.75, 3.05) is 17.7 Å². The summed E-state index contributed by atoms with van der Waals surface area (Å²) in [6.45, 7) is 3.06. The molecule has 0 unspecified atom stereocenters. The Morgan fingerprint density at radius 2 is 2.25 bits per heavy atom. The molecule has 0 bridgehead atoms. The molecule has 0 aliphatic rings. The maximum absolute atomic E-state index is 12.0. The summed E-state index contributed by atoms with van der Waals surface area (Å²) in [4.78, 5) is 16.1. The molecule has 0 atom stereocenters. The number of amides is 1. The second-order valence-electron chi connectivity index (χ2n) is 4.20. The van der Waals surface area contributed by atoms with Crippen molar-refractivity contribution in [2.24, 2.45) is 0 Å². The molecule has 1 heterocycles. The Morgan fingerprint density at radius 3 is 2.95 bits per heavy atom. The number of nitrogens with one attached hydrogen (secondary N) is 1. The number of aromatic nitrogens is 1. The van der Waals surface area contributed by atoms with Gasteiger partial charge in [-0.2, -0.15) is 0 Å². The van der Waals surface area contributed by atoms with E-state index >= 15 is 0 Å². The molecule has 2 aromatic rings. The van der Waals surface area contributed by atoms with Crippen LogP contribution in [0.15, 0.2) is 29.6 Å². The smallest absolute Gasteiger partial charge is 0.230 e. The van der Waals surface area contributed by atoms with E-state index in [0.717, 1.165) is 11.3 Å². The largest absolute Gasteiger partial charge is 0.377 e. The zero-order chi connectivity index (χ0) is 14.4. The minimum atomic E-state index is -0.112. The third kappa shape index (κ3) is 4.04. The van der Waals surface area contributed by atoms with Crippen LogP contribution in [-0.4, -0.2) is 17.5 Å². The lowest BCUT2D eigenvalue weighted by Gasteiger charge is -2.10. The number of carbonyl (C=O) groups excluding carboxylic acids is 1. The van der Waals surface area contributed by atoms with Gasteiger partial charge in [0.1, 0.15) is 0 Å². The van der Waals surface area contributed by atoms with E-state index in [2.05, 4.69) is 10.3 Å². The van der Waals surface area contributed by atoms with Crippen LogP contribution < -0.4 is 11.1 Å². The molecule has 106 valence electrons. The lowest BCUT2D eigenvalue weighted by molar-refractivity contribution is -0.115. The average Bonchev–Trinajstić information content (AvgIpc) is 2.83. The Bertz CT molecular complexity index is 583. The Hall–Kier alpha value is -1.92. The van der Waals surface area contributed by atoms with Crippen LogP contribution >= 0.6 is 11.3 Å². The summed E-state index contributed by atoms with van der Waals surface area (Å²) < 4.78 is 5.38. The Morgan fingerprint density at radius 1 is 1.45 bits per heavy atom. The van der Waals surface area contributed by atoms with E-state index in [-0.39, 0.29) is 12.3 Å². The molecule has 0 saturated heterocycles. The minimum absolute atomic E-state index is 0.112. The summed E-state index contributed by atoms with van der Waals surface area (Å²) in [6.07, 6.45) is 0.219. The summed E-state index contributed by atoms with van der Waals surface area (Å²) in [5, 5.41) is 5.15. The fourth-order valence-electron chi connectivity index (χ4n) is 1.74. The number of rotatable bonds is 6. The van der Waals surface area contributed by atoms with Gasteiger partial charge < -0.3 is 15.8 Å². The quantitative estimate of drug-likeness (QED) is 0.857. The van der Waals surface area contributed by atoms with Crippen molar-refractivity contribution >= 4 is 28.1 Å². The number of nitrogens with two attached hydrogens (primary N) is 1. The predicted molar refractivity (Wildman–Crippen MR) is 80.6 cm³/mol. The van der Waals surface area contributed by atoms with Gasteiger partial charge in [0.2, 0.25) is 5.91 Å². The van der Waals surface area contributed by atoms with Crippen molar-refractivity contribution in [3.63, 3.8) is 0 Å². The molecule has 0 spiro atoms. The number of thiazole rings is 1. The fourth-order valence-corrected chi connectivity index (χ4v) is 2.31. The third-order valence-electron chi connectivity index (χ3n) is 2.66. The summed E-state index contributed by atoms with van der Waals surface area (Å²) in [5.41, 5.74) is 7.96. The number of para-hydroxylation sites is 1. The third-order valence-corrected chi connectivity index (χ3v) is 3.39. The SMILES string of the molecule is CCOCc1ccccc1NC(=O)Cc1csc(N)n1. The highest BCUT2D eigenvalue weighted by Crippen LogP contribution is 2.17. The second kappa shape index (κ2) is 7.02. The number of ether oxygens (including phenoxy) is 1. The molecule has 2 rings (SSSR count). The molecule has 6 heteroatoms. The maximum Gasteiger partial charge on any atom is 0.230 e. The van der Waals surface area contributed by atoms with Crippen LogP contribution in [-0.2, 0) is 22.6 Å². The van der Waals surface area contributed by atoms with Crippen LogP contribution in [0.4, 0.5) is 10.8 Å². The first-order valence-electron chi connectivity index (χ1n) is 6.34. The van der Waals surface area contributed by atoms with Gasteiger partial charge in [0.25, 0.3) is 0 Å². The normalized spacial score (nSPS) is 10.4. The van der Waals surface area contributed by atoms with Crippen LogP contribution in [0.1, 0.15) is 18.2 Å². The zero-order valence-electron chi connectivity index (χ0n) is 11.3. The fraction of sp³-hybridized carbons (Fsp3) is 0.286. The second-order valence-corrected chi connectivity index (χ2v) is 5.09. The molecule has 3 N–H and O–H groups in total. The van der Waals surface area contributed by atoms with Gasteiger partial charge in [-0.15, -0.1) is 11.3 Å². The summed E-state index contributed by atoms with van der Waals surface area (Å²) in [7, 11) is 0. The zero-order valence-corrected chi connectivity index (χ0v) is 12.1. The highest BCUT2D eigenvalue weighted by atomic mass is 32.1. The van der Waals surface area contributed by atoms with E-state index < -0.39 is 0 Å². The Kier molecular flexibility index (Phi) is 5.09. The molecule has 1 aromatic heterocycles. The topological polar surface area (TPSA) is 77.2 Å². The van der Waals surface area contributed by atoms with Gasteiger partial charge in [-0.05, 0) is 13.0 Å². The number of carbonyl (C=O) groups is 1. The van der Waals surface area contributed by atoms with E-state index in [9.17, 15) is 4.79 Å². The van der Waals surface area contributed by atoms with Crippen LogP contribution in [0.2, 0.25) is 0 Å². The van der Waals surface area contributed by atoms with Crippen molar-refractivity contribution in [2.45, 2.75) is 20.0 Å². The van der Waals surface area contributed by atoms with Gasteiger partial charge in [-0.25, -0.2) is 4.98 Å². The molecule has 5 nitrogen and oxygen atoms in total. The molecule has 1 amide bonds. The molecule has 0 saturated carbocycles. The van der Waals surface area contributed by atoms with Crippen molar-refractivity contribution in [3.05, 3.63) is 40.9 Å². The van der Waals surface area contributed by atoms with Crippen LogP contribution in [0.5, 0.6) is 0 Å². The lowest BCUT2D eigenvalue weighted by atomic mass is 10.2. The van der Waals surface area contributed by atoms with Crippen molar-refractivity contribution in [1.29, 1.82) is 0 Å². The minimum Gasteiger partial charge on any atom is -0.377 e. The molecule has 0 fully saturated rings. The first-order chi connectivity index (χ1) is 9.69. The highest BCUT2D eigenvalue weighted by molar-refractivity contribution is 7.13. The average molecular weight is 291 g/mol. The Balaban J connectivity index is 2.00. The van der Waals surface area contributed by atoms with Crippen LogP contribution in [0.3, 0.4) is 0 Å². The van der Waals surface area contributed by atoms with E-state index in [4.69, 9.17) is 10.5 Å². The molecular weight excluding hydrogens is 274 g/mol. The van der Waals surface area contributed by atoms with E-state index in [1.165, 1.54) is 11.3 Å². The van der Waals surface area contributed by atoms with Gasteiger partial charge in [0.05, 0.1) is 18.7 Å². The van der Waals surface area contributed by atoms with E-state index in [1.807, 2.05) is 31.2 Å². The van der Waals surface area contributed by atoms with Crippen molar-refractivity contribution < 1.29 is 9.53 Å². The standard InChI is InChI=1S/C14H17N3O2S/c1-2-19-8-10-5-3-4-6-12(10)17-13(18)7-11-9-20-14(15)16-11/h3-6,9H,2,7-8H2,1H3,(H2,15,16)(H,17,18). The molecule has 1 aromatic carbocycles. The predicted octanol–water partition coefficient (Wildman–Crippen LogP) is 2.44. The van der Waals surface area contributed by atoms with Gasteiger partial charge in [0.15, 0.2) is 5.13 Å². The number of hydrogen-bond donors (Lipinski definition) is 2. The van der Waals surface area contributed by atoms with Crippen LogP contribution in [0.25, 0.3) is 0 Å². The Labute approximate surface area is 121 Å². The number of anilines is 2. The monoisotopic (exact) mass is 291 g/mol. The van der Waals surface area contributed by atoms with Gasteiger partial charge in [-0.3, -0.25) is 4.79 Å². The van der Waals surface area contributed by atoms with Crippen LogP contribution in [0, 0.1) is 0 Å². The lowest BCUT2D eigenvalue weighted by Crippen LogP contribution is -2.16. The number of benzene rings is 1. The van der Waals surface area contributed by atoms with Gasteiger partial charge >= 0.3 is 0 Å². The molecule has 0 radical (unpaired) electrons. The highest BCUT2D eigenvalue weighted by Gasteiger charge is 2.09. The maximum atomic E-state index is 12.0. The summed E-state index contributed by atoms with van der Waals surface area (Å²) in [5.74, 6) is -0.112. The van der Waals surface area contributed by atoms with Crippen molar-refractivity contribution in [3.8, 4) is 0 Å². The number of hydrogen-bond acceptors (Lipinski definition) is 5. The molecule has 20 heavy (non-hydrogen) atoms. The molecule has 0 aliphatic carbocycles. The number of nitrogen functional groups attached to an aromatic ring is 1. The van der Waals surface area contributed by atoms with Gasteiger partial charge in [0, 0.05) is 23.2 Å². The number of nitrogens with zero attached hydrogens (tertiary/aromatic N) is 1. The van der Waals surface area contributed by atoms with E-state index in [1.54, 1.807) is 5.38 Å². The summed E-state index contributed by atoms with van der Waals surface area (Å²) in [6, 6.07) is 7.60. The van der Waals surface area contributed by atoms with E-state index in [0.29, 0.717) is 24.0 Å². The first-order valence-corrected chi connectivity index (χ1v) is 7.22. The van der Waals surface area contributed by atoms with Crippen molar-refractivity contribution in [1.82, 2.24) is 4.98 Å². The first kappa shape index (κ1) is 14.5. The van der Waals surface area contributed by atoms with Gasteiger partial charge in [-0.1, -0.05) is 18.2 Å². The molecular formula is C14H17N3O2S. The summed E-state index contributed by atoms with van der Waals surface area (Å²) >= 11 is 1.33. The molecule has 0 aliphatic heterocycles.